The van der Waals surface area contributed by atoms with Crippen LogP contribution in [-0.4, -0.2) is 37.2 Å². The Morgan fingerprint density at radius 3 is 1.02 bits per heavy atom. The lowest BCUT2D eigenvalue weighted by atomic mass is 10.0. The molecule has 0 saturated heterocycles. The highest BCUT2D eigenvalue weighted by atomic mass is 16.6. The number of esters is 3. The van der Waals surface area contributed by atoms with Gasteiger partial charge >= 0.3 is 17.9 Å². The van der Waals surface area contributed by atoms with E-state index in [4.69, 9.17) is 14.2 Å². The van der Waals surface area contributed by atoms with E-state index in [9.17, 15) is 14.4 Å². The molecular formula is C59H104O6. The summed E-state index contributed by atoms with van der Waals surface area (Å²) in [6.45, 7) is 6.46. The van der Waals surface area contributed by atoms with E-state index in [1.54, 1.807) is 0 Å². The number of hydrogen-bond acceptors (Lipinski definition) is 6. The molecule has 0 bridgehead atoms. The lowest BCUT2D eigenvalue weighted by Crippen LogP contribution is -2.30. The van der Waals surface area contributed by atoms with Crippen LogP contribution in [0.5, 0.6) is 0 Å². The van der Waals surface area contributed by atoms with Crippen molar-refractivity contribution in [3.05, 3.63) is 60.8 Å². The third kappa shape index (κ3) is 51.9. The van der Waals surface area contributed by atoms with Crippen LogP contribution in [0.2, 0.25) is 0 Å². The SMILES string of the molecule is CC/C=C\C/C=C\C/C=C\C/C=C\CCCCCCCCCCCCCCCCC(=O)OCC(COC(=O)CCCCCCCCCCCC)OC(=O)CCCCCCC/C=C\CCC. The van der Waals surface area contributed by atoms with Crippen molar-refractivity contribution in [2.45, 2.75) is 284 Å². The van der Waals surface area contributed by atoms with Gasteiger partial charge in [0.05, 0.1) is 0 Å². The molecule has 0 saturated carbocycles. The molecule has 0 N–H and O–H groups in total. The summed E-state index contributed by atoms with van der Waals surface area (Å²) in [4.78, 5) is 37.9. The Labute approximate surface area is 402 Å². The van der Waals surface area contributed by atoms with Crippen molar-refractivity contribution in [2.24, 2.45) is 0 Å². The molecule has 0 fully saturated rings. The van der Waals surface area contributed by atoms with Crippen molar-refractivity contribution in [1.82, 2.24) is 0 Å². The Kier molecular flexibility index (Phi) is 51.3. The van der Waals surface area contributed by atoms with E-state index in [0.717, 1.165) is 103 Å². The predicted octanol–water partition coefficient (Wildman–Crippen LogP) is 18.4. The monoisotopic (exact) mass is 909 g/mol. The summed E-state index contributed by atoms with van der Waals surface area (Å²) in [6.07, 6.45) is 66.6. The molecular weight excluding hydrogens is 805 g/mol. The van der Waals surface area contributed by atoms with Crippen LogP contribution in [-0.2, 0) is 28.6 Å². The molecule has 0 aromatic heterocycles. The van der Waals surface area contributed by atoms with Crippen LogP contribution >= 0.6 is 0 Å². The molecule has 6 heteroatoms. The second-order valence-corrected chi connectivity index (χ2v) is 18.5. The van der Waals surface area contributed by atoms with E-state index in [1.807, 2.05) is 0 Å². The van der Waals surface area contributed by atoms with Gasteiger partial charge in [0, 0.05) is 19.3 Å². The van der Waals surface area contributed by atoms with Crippen molar-refractivity contribution in [1.29, 1.82) is 0 Å². The van der Waals surface area contributed by atoms with Crippen LogP contribution in [0, 0.1) is 0 Å². The summed E-state index contributed by atoms with van der Waals surface area (Å²) in [6, 6.07) is 0. The Hall–Kier alpha value is -2.89. The lowest BCUT2D eigenvalue weighted by molar-refractivity contribution is -0.167. The first-order valence-corrected chi connectivity index (χ1v) is 27.8. The van der Waals surface area contributed by atoms with Gasteiger partial charge in [0.1, 0.15) is 13.2 Å². The van der Waals surface area contributed by atoms with Gasteiger partial charge in [0.25, 0.3) is 0 Å². The molecule has 0 aliphatic heterocycles. The molecule has 65 heavy (non-hydrogen) atoms. The van der Waals surface area contributed by atoms with E-state index in [0.29, 0.717) is 19.3 Å². The Morgan fingerprint density at radius 1 is 0.323 bits per heavy atom. The minimum Gasteiger partial charge on any atom is -0.462 e. The van der Waals surface area contributed by atoms with Gasteiger partial charge < -0.3 is 14.2 Å². The number of rotatable bonds is 50. The first-order chi connectivity index (χ1) is 32.0. The van der Waals surface area contributed by atoms with Gasteiger partial charge in [-0.15, -0.1) is 0 Å². The van der Waals surface area contributed by atoms with Gasteiger partial charge in [-0.3, -0.25) is 14.4 Å². The molecule has 0 heterocycles. The van der Waals surface area contributed by atoms with Crippen LogP contribution in [0.15, 0.2) is 60.8 Å². The second-order valence-electron chi connectivity index (χ2n) is 18.5. The van der Waals surface area contributed by atoms with E-state index < -0.39 is 6.10 Å². The summed E-state index contributed by atoms with van der Waals surface area (Å²) in [5, 5.41) is 0. The van der Waals surface area contributed by atoms with Crippen molar-refractivity contribution in [2.75, 3.05) is 13.2 Å². The number of ether oxygens (including phenoxy) is 3. The molecule has 0 aliphatic carbocycles. The Bertz CT molecular complexity index is 1180. The maximum atomic E-state index is 12.7. The fourth-order valence-corrected chi connectivity index (χ4v) is 7.85. The molecule has 6 nitrogen and oxygen atoms in total. The highest BCUT2D eigenvalue weighted by Crippen LogP contribution is 2.16. The van der Waals surface area contributed by atoms with E-state index in [1.165, 1.54) is 135 Å². The number of carbonyl (C=O) groups excluding carboxylic acids is 3. The quantitative estimate of drug-likeness (QED) is 0.0262. The van der Waals surface area contributed by atoms with Crippen molar-refractivity contribution < 1.29 is 28.6 Å². The van der Waals surface area contributed by atoms with Gasteiger partial charge in [0.2, 0.25) is 0 Å². The fourth-order valence-electron chi connectivity index (χ4n) is 7.85. The first-order valence-electron chi connectivity index (χ1n) is 27.8. The lowest BCUT2D eigenvalue weighted by Gasteiger charge is -2.18. The zero-order valence-corrected chi connectivity index (χ0v) is 43.0. The minimum absolute atomic E-state index is 0.0745. The third-order valence-electron chi connectivity index (χ3n) is 12.0. The number of allylic oxidation sites excluding steroid dienone is 10. The van der Waals surface area contributed by atoms with Crippen molar-refractivity contribution in [3.8, 4) is 0 Å². The fraction of sp³-hybridized carbons (Fsp3) is 0.780. The molecule has 1 unspecified atom stereocenters. The summed E-state index contributed by atoms with van der Waals surface area (Å²) in [7, 11) is 0. The maximum absolute atomic E-state index is 12.7. The first kappa shape index (κ1) is 62.1. The smallest absolute Gasteiger partial charge is 0.306 e. The number of hydrogen-bond donors (Lipinski definition) is 0. The van der Waals surface area contributed by atoms with E-state index >= 15 is 0 Å². The molecule has 0 aliphatic rings. The number of unbranched alkanes of at least 4 members (excludes halogenated alkanes) is 29. The van der Waals surface area contributed by atoms with E-state index in [-0.39, 0.29) is 31.1 Å². The van der Waals surface area contributed by atoms with Crippen LogP contribution < -0.4 is 0 Å². The van der Waals surface area contributed by atoms with Gasteiger partial charge in [-0.05, 0) is 77.0 Å². The van der Waals surface area contributed by atoms with Gasteiger partial charge in [-0.25, -0.2) is 0 Å². The zero-order valence-electron chi connectivity index (χ0n) is 43.0. The molecule has 0 aromatic carbocycles. The van der Waals surface area contributed by atoms with Gasteiger partial charge in [0.15, 0.2) is 6.10 Å². The summed E-state index contributed by atoms with van der Waals surface area (Å²) >= 11 is 0. The molecule has 0 spiro atoms. The van der Waals surface area contributed by atoms with Crippen molar-refractivity contribution in [3.63, 3.8) is 0 Å². The third-order valence-corrected chi connectivity index (χ3v) is 12.0. The molecule has 0 radical (unpaired) electrons. The Morgan fingerprint density at radius 2 is 0.631 bits per heavy atom. The largest absolute Gasteiger partial charge is 0.462 e. The molecule has 0 rings (SSSR count). The zero-order chi connectivity index (χ0) is 47.2. The predicted molar refractivity (Wildman–Crippen MR) is 279 cm³/mol. The molecule has 0 amide bonds. The van der Waals surface area contributed by atoms with Gasteiger partial charge in [-0.1, -0.05) is 242 Å². The van der Waals surface area contributed by atoms with E-state index in [2.05, 4.69) is 81.5 Å². The summed E-state index contributed by atoms with van der Waals surface area (Å²) in [5.41, 5.74) is 0. The standard InChI is InChI=1S/C59H104O6/c1-4-7-10-13-16-19-22-23-24-25-26-27-28-29-30-31-32-33-34-35-36-37-38-41-43-46-49-52-58(61)64-55-56(65-59(62)53-50-47-44-40-21-18-15-12-9-6-3)54-63-57(60)51-48-45-42-39-20-17-14-11-8-5-2/h7,10,12,15-16,19,23-24,26-27,56H,4-6,8-9,11,13-14,17-18,20-22,25,28-55H2,1-3H3/b10-7-,15-12-,19-16-,24-23-,27-26-. The average Bonchev–Trinajstić information content (AvgIpc) is 3.30. The molecule has 376 valence electrons. The summed E-state index contributed by atoms with van der Waals surface area (Å²) in [5.74, 6) is -0.880. The highest BCUT2D eigenvalue weighted by molar-refractivity contribution is 5.71. The highest BCUT2D eigenvalue weighted by Gasteiger charge is 2.19. The van der Waals surface area contributed by atoms with Crippen molar-refractivity contribution >= 4 is 17.9 Å². The van der Waals surface area contributed by atoms with Crippen LogP contribution in [0.4, 0.5) is 0 Å². The molecule has 0 aromatic rings. The van der Waals surface area contributed by atoms with Crippen LogP contribution in [0.3, 0.4) is 0 Å². The van der Waals surface area contributed by atoms with Crippen LogP contribution in [0.25, 0.3) is 0 Å². The van der Waals surface area contributed by atoms with Gasteiger partial charge in [-0.2, -0.15) is 0 Å². The average molecular weight is 909 g/mol. The summed E-state index contributed by atoms with van der Waals surface area (Å²) < 4.78 is 16.8. The van der Waals surface area contributed by atoms with Crippen LogP contribution in [0.1, 0.15) is 278 Å². The normalized spacial score (nSPS) is 12.5. The minimum atomic E-state index is -0.773. The Balaban J connectivity index is 4.11. The number of carbonyl (C=O) groups is 3. The maximum Gasteiger partial charge on any atom is 0.306 e. The topological polar surface area (TPSA) is 78.9 Å². The molecule has 1 atom stereocenters. The second kappa shape index (κ2) is 53.7.